The molecule has 0 aromatic carbocycles. The van der Waals surface area contributed by atoms with Gasteiger partial charge in [-0.1, -0.05) is 0 Å². The second-order valence-electron chi connectivity index (χ2n) is 5.41. The van der Waals surface area contributed by atoms with Crippen LogP contribution in [0.15, 0.2) is 41.1 Å². The van der Waals surface area contributed by atoms with Gasteiger partial charge in [-0.3, -0.25) is 14.6 Å². The highest BCUT2D eigenvalue weighted by molar-refractivity contribution is 5.92. The number of aromatic nitrogens is 1. The van der Waals surface area contributed by atoms with Gasteiger partial charge in [0.1, 0.15) is 17.5 Å². The number of pyridine rings is 1. The minimum absolute atomic E-state index is 0.0589. The van der Waals surface area contributed by atoms with Crippen molar-refractivity contribution in [2.24, 2.45) is 5.73 Å². The molecule has 2 aromatic rings. The van der Waals surface area contributed by atoms with Crippen molar-refractivity contribution in [1.29, 1.82) is 0 Å². The minimum Gasteiger partial charge on any atom is -0.467 e. The van der Waals surface area contributed by atoms with Crippen LogP contribution in [0.2, 0.25) is 0 Å². The fourth-order valence-corrected chi connectivity index (χ4v) is 2.79. The SMILES string of the molecule is NC(=O)c1cc(N2CCC[C@H]2C(=O)NCc2ccco2)ccn1. The lowest BCUT2D eigenvalue weighted by atomic mass is 10.2. The number of nitrogens with two attached hydrogens (primary N) is 1. The molecule has 3 heterocycles. The number of furan rings is 1. The summed E-state index contributed by atoms with van der Waals surface area (Å²) < 4.78 is 5.21. The van der Waals surface area contributed by atoms with E-state index in [-0.39, 0.29) is 17.6 Å². The molecule has 1 fully saturated rings. The minimum atomic E-state index is -0.579. The molecule has 3 N–H and O–H groups in total. The van der Waals surface area contributed by atoms with E-state index in [2.05, 4.69) is 10.3 Å². The van der Waals surface area contributed by atoms with E-state index < -0.39 is 5.91 Å². The number of hydrogen-bond donors (Lipinski definition) is 2. The predicted molar refractivity (Wildman–Crippen MR) is 83.7 cm³/mol. The molecule has 1 atom stereocenters. The Morgan fingerprint density at radius 2 is 2.30 bits per heavy atom. The Morgan fingerprint density at radius 3 is 3.04 bits per heavy atom. The molecule has 1 aliphatic rings. The lowest BCUT2D eigenvalue weighted by Crippen LogP contribution is -2.43. The van der Waals surface area contributed by atoms with Crippen LogP contribution in [0, 0.1) is 0 Å². The van der Waals surface area contributed by atoms with Crippen molar-refractivity contribution in [3.05, 3.63) is 48.2 Å². The molecule has 0 saturated carbocycles. The normalized spacial score (nSPS) is 17.2. The van der Waals surface area contributed by atoms with E-state index in [0.29, 0.717) is 12.3 Å². The molecular formula is C16H18N4O3. The van der Waals surface area contributed by atoms with Gasteiger partial charge >= 0.3 is 0 Å². The zero-order chi connectivity index (χ0) is 16.2. The van der Waals surface area contributed by atoms with E-state index >= 15 is 0 Å². The number of anilines is 1. The molecule has 7 nitrogen and oxygen atoms in total. The number of carbonyl (C=O) groups is 2. The monoisotopic (exact) mass is 314 g/mol. The van der Waals surface area contributed by atoms with Crippen molar-refractivity contribution in [2.75, 3.05) is 11.4 Å². The van der Waals surface area contributed by atoms with E-state index in [1.165, 1.54) is 6.20 Å². The molecule has 120 valence electrons. The largest absolute Gasteiger partial charge is 0.467 e. The van der Waals surface area contributed by atoms with Gasteiger partial charge in [-0.05, 0) is 37.1 Å². The lowest BCUT2D eigenvalue weighted by molar-refractivity contribution is -0.122. The summed E-state index contributed by atoms with van der Waals surface area (Å²) >= 11 is 0. The standard InChI is InChI=1S/C16H18N4O3/c17-15(21)13-9-11(5-6-18-13)20-7-1-4-14(20)16(22)19-10-12-3-2-8-23-12/h2-3,5-6,8-9,14H,1,4,7,10H2,(H2,17,21)(H,19,22)/t14-/m0/s1. The first-order valence-electron chi connectivity index (χ1n) is 7.48. The summed E-state index contributed by atoms with van der Waals surface area (Å²) in [5.74, 6) is 0.0732. The molecule has 1 saturated heterocycles. The van der Waals surface area contributed by atoms with Crippen molar-refractivity contribution < 1.29 is 14.0 Å². The molecule has 0 unspecified atom stereocenters. The van der Waals surface area contributed by atoms with E-state index in [1.807, 2.05) is 11.0 Å². The number of primary amides is 1. The van der Waals surface area contributed by atoms with Gasteiger partial charge < -0.3 is 20.4 Å². The fraction of sp³-hybridized carbons (Fsp3) is 0.312. The average Bonchev–Trinajstić information content (AvgIpc) is 3.24. The molecule has 2 aromatic heterocycles. The van der Waals surface area contributed by atoms with Crippen LogP contribution < -0.4 is 16.0 Å². The van der Waals surface area contributed by atoms with Crippen molar-refractivity contribution in [1.82, 2.24) is 10.3 Å². The van der Waals surface area contributed by atoms with E-state index in [1.54, 1.807) is 24.5 Å². The molecule has 23 heavy (non-hydrogen) atoms. The second-order valence-corrected chi connectivity index (χ2v) is 5.41. The number of carbonyl (C=O) groups excluding carboxylic acids is 2. The molecule has 7 heteroatoms. The van der Waals surface area contributed by atoms with Crippen molar-refractivity contribution in [3.8, 4) is 0 Å². The van der Waals surface area contributed by atoms with Gasteiger partial charge in [-0.25, -0.2) is 0 Å². The number of nitrogens with one attached hydrogen (secondary N) is 1. The maximum absolute atomic E-state index is 12.4. The Kier molecular flexibility index (Phi) is 4.27. The summed E-state index contributed by atoms with van der Waals surface area (Å²) in [7, 11) is 0. The predicted octanol–water partition coefficient (Wildman–Crippen LogP) is 1.06. The van der Waals surface area contributed by atoms with Crippen molar-refractivity contribution in [2.45, 2.75) is 25.4 Å². The molecule has 0 radical (unpaired) electrons. The Morgan fingerprint density at radius 1 is 1.43 bits per heavy atom. The molecule has 1 aliphatic heterocycles. The van der Waals surface area contributed by atoms with Gasteiger partial charge in [-0.15, -0.1) is 0 Å². The topological polar surface area (TPSA) is 101 Å². The van der Waals surface area contributed by atoms with Gasteiger partial charge in [0, 0.05) is 18.4 Å². The van der Waals surface area contributed by atoms with Crippen LogP contribution in [0.5, 0.6) is 0 Å². The van der Waals surface area contributed by atoms with Gasteiger partial charge in [0.2, 0.25) is 5.91 Å². The van der Waals surface area contributed by atoms with Crippen LogP contribution in [-0.2, 0) is 11.3 Å². The third-order valence-corrected chi connectivity index (χ3v) is 3.90. The first-order chi connectivity index (χ1) is 11.1. The fourth-order valence-electron chi connectivity index (χ4n) is 2.79. The highest BCUT2D eigenvalue weighted by atomic mass is 16.3. The molecule has 0 aliphatic carbocycles. The van der Waals surface area contributed by atoms with E-state index in [9.17, 15) is 9.59 Å². The van der Waals surface area contributed by atoms with E-state index in [4.69, 9.17) is 10.2 Å². The number of amides is 2. The molecule has 0 spiro atoms. The summed E-state index contributed by atoms with van der Waals surface area (Å²) in [4.78, 5) is 29.6. The Hall–Kier alpha value is -2.83. The van der Waals surface area contributed by atoms with Gasteiger partial charge in [-0.2, -0.15) is 0 Å². The van der Waals surface area contributed by atoms with Crippen LogP contribution in [0.25, 0.3) is 0 Å². The zero-order valence-electron chi connectivity index (χ0n) is 12.6. The number of nitrogens with zero attached hydrogens (tertiary/aromatic N) is 2. The third kappa shape index (κ3) is 3.33. The smallest absolute Gasteiger partial charge is 0.267 e. The Balaban J connectivity index is 1.70. The second kappa shape index (κ2) is 6.51. The van der Waals surface area contributed by atoms with Crippen LogP contribution in [0.1, 0.15) is 29.1 Å². The summed E-state index contributed by atoms with van der Waals surface area (Å²) in [5, 5.41) is 2.88. The van der Waals surface area contributed by atoms with Crippen molar-refractivity contribution >= 4 is 17.5 Å². The summed E-state index contributed by atoms with van der Waals surface area (Å²) in [6.45, 7) is 1.11. The first-order valence-corrected chi connectivity index (χ1v) is 7.48. The Labute approximate surface area is 133 Å². The molecular weight excluding hydrogens is 296 g/mol. The average molecular weight is 314 g/mol. The highest BCUT2D eigenvalue weighted by Gasteiger charge is 2.31. The maximum Gasteiger partial charge on any atom is 0.267 e. The van der Waals surface area contributed by atoms with Crippen LogP contribution in [-0.4, -0.2) is 29.4 Å². The Bertz CT molecular complexity index is 699. The van der Waals surface area contributed by atoms with Crippen LogP contribution >= 0.6 is 0 Å². The molecule has 2 amide bonds. The van der Waals surface area contributed by atoms with E-state index in [0.717, 1.165) is 25.1 Å². The molecule has 0 bridgehead atoms. The quantitative estimate of drug-likeness (QED) is 0.859. The van der Waals surface area contributed by atoms with Gasteiger partial charge in [0.15, 0.2) is 0 Å². The van der Waals surface area contributed by atoms with Crippen molar-refractivity contribution in [3.63, 3.8) is 0 Å². The number of hydrogen-bond acceptors (Lipinski definition) is 5. The number of rotatable bonds is 5. The molecule has 3 rings (SSSR count). The maximum atomic E-state index is 12.4. The summed E-state index contributed by atoms with van der Waals surface area (Å²) in [6, 6.07) is 6.74. The van der Waals surface area contributed by atoms with Gasteiger partial charge in [0.25, 0.3) is 5.91 Å². The van der Waals surface area contributed by atoms with Crippen LogP contribution in [0.3, 0.4) is 0 Å². The highest BCUT2D eigenvalue weighted by Crippen LogP contribution is 2.25. The summed E-state index contributed by atoms with van der Waals surface area (Å²) in [5.41, 5.74) is 6.25. The van der Waals surface area contributed by atoms with Gasteiger partial charge in [0.05, 0.1) is 12.8 Å². The third-order valence-electron chi connectivity index (χ3n) is 3.90. The first kappa shape index (κ1) is 15.1. The summed E-state index contributed by atoms with van der Waals surface area (Å²) in [6.07, 6.45) is 4.78. The zero-order valence-corrected chi connectivity index (χ0v) is 12.6. The van der Waals surface area contributed by atoms with Crippen LogP contribution in [0.4, 0.5) is 5.69 Å². The lowest BCUT2D eigenvalue weighted by Gasteiger charge is -2.26.